The number of unbranched alkanes of at least 4 members (excludes halogenated alkanes) is 45. The van der Waals surface area contributed by atoms with Crippen molar-refractivity contribution in [1.82, 2.24) is 0 Å². The van der Waals surface area contributed by atoms with Gasteiger partial charge < -0.3 is 33.8 Å². The number of carbonyl (C=O) groups is 4. The number of ether oxygens (including phenoxy) is 4. The number of aliphatic hydroxyl groups excluding tert-OH is 1. The standard InChI is InChI=1S/C77H150O17P2/c1-7-10-12-14-16-17-18-19-20-21-22-23-28-31-37-43-49-55-61-76(81)94-73(66-88-75(80)60-54-48-42-36-30-27-25-24-26-29-34-40-45-51-57-69(4)5)68-92-96(85,86)90-64-71(78)63-89-95(83,84)91-67-72(65-87-74(79)59-53-47-39-15-13-11-8-2)93-77(82)62-56-50-44-38-33-32-35-41-46-52-58-70(6)9-3/h69-73,78H,7-68H2,1-6H3,(H,83,84)(H,85,86)/t70?,71-,72+,73+/m0/s1. The highest BCUT2D eigenvalue weighted by Crippen LogP contribution is 2.45. The van der Waals surface area contributed by atoms with Gasteiger partial charge in [-0.2, -0.15) is 0 Å². The normalized spacial score (nSPS) is 14.3. The molecule has 0 aliphatic carbocycles. The van der Waals surface area contributed by atoms with E-state index in [-0.39, 0.29) is 25.7 Å². The third-order valence-electron chi connectivity index (χ3n) is 18.3. The van der Waals surface area contributed by atoms with Gasteiger partial charge in [-0.25, -0.2) is 9.13 Å². The molecule has 6 atom stereocenters. The van der Waals surface area contributed by atoms with Crippen LogP contribution in [0.3, 0.4) is 0 Å². The summed E-state index contributed by atoms with van der Waals surface area (Å²) >= 11 is 0. The molecule has 17 nitrogen and oxygen atoms in total. The van der Waals surface area contributed by atoms with Gasteiger partial charge in [0.1, 0.15) is 19.3 Å². The second-order valence-corrected chi connectivity index (χ2v) is 31.4. The summed E-state index contributed by atoms with van der Waals surface area (Å²) in [5.41, 5.74) is 0. The van der Waals surface area contributed by atoms with E-state index in [0.717, 1.165) is 115 Å². The highest BCUT2D eigenvalue weighted by Gasteiger charge is 2.30. The van der Waals surface area contributed by atoms with E-state index in [4.69, 9.17) is 37.0 Å². The van der Waals surface area contributed by atoms with Crippen LogP contribution in [0.25, 0.3) is 0 Å². The van der Waals surface area contributed by atoms with Crippen LogP contribution < -0.4 is 0 Å². The topological polar surface area (TPSA) is 237 Å². The first kappa shape index (κ1) is 94.1. The molecule has 96 heavy (non-hydrogen) atoms. The predicted octanol–water partition coefficient (Wildman–Crippen LogP) is 22.7. The van der Waals surface area contributed by atoms with Crippen LogP contribution in [-0.2, 0) is 65.4 Å². The molecular formula is C77H150O17P2. The van der Waals surface area contributed by atoms with Crippen molar-refractivity contribution in [3.8, 4) is 0 Å². The molecule has 0 heterocycles. The number of hydrogen-bond acceptors (Lipinski definition) is 15. The molecular weight excluding hydrogens is 1260 g/mol. The average molecular weight is 1410 g/mol. The Kier molecular flexibility index (Phi) is 67.4. The number of aliphatic hydroxyl groups is 1. The molecule has 0 radical (unpaired) electrons. The molecule has 0 bridgehead atoms. The fourth-order valence-electron chi connectivity index (χ4n) is 11.8. The highest BCUT2D eigenvalue weighted by molar-refractivity contribution is 7.47. The van der Waals surface area contributed by atoms with Crippen molar-refractivity contribution >= 4 is 39.5 Å². The average Bonchev–Trinajstić information content (AvgIpc) is 1.99. The van der Waals surface area contributed by atoms with Gasteiger partial charge in [-0.1, -0.05) is 350 Å². The monoisotopic (exact) mass is 1410 g/mol. The van der Waals surface area contributed by atoms with Crippen molar-refractivity contribution in [2.24, 2.45) is 11.8 Å². The quantitative estimate of drug-likeness (QED) is 0.0222. The second-order valence-electron chi connectivity index (χ2n) is 28.5. The van der Waals surface area contributed by atoms with Gasteiger partial charge in [0.2, 0.25) is 0 Å². The predicted molar refractivity (Wildman–Crippen MR) is 391 cm³/mol. The third kappa shape index (κ3) is 69.2. The van der Waals surface area contributed by atoms with Crippen LogP contribution in [0, 0.1) is 11.8 Å². The van der Waals surface area contributed by atoms with Gasteiger partial charge in [0.05, 0.1) is 26.4 Å². The molecule has 0 spiro atoms. The molecule has 0 aliphatic rings. The first-order chi connectivity index (χ1) is 46.4. The lowest BCUT2D eigenvalue weighted by Crippen LogP contribution is -2.30. The zero-order valence-corrected chi connectivity index (χ0v) is 64.5. The van der Waals surface area contributed by atoms with E-state index in [2.05, 4.69) is 41.5 Å². The summed E-state index contributed by atoms with van der Waals surface area (Å²) in [7, 11) is -9.91. The minimum atomic E-state index is -4.96. The summed E-state index contributed by atoms with van der Waals surface area (Å²) in [4.78, 5) is 72.7. The molecule has 0 rings (SSSR count). The Hall–Kier alpha value is -1.94. The number of esters is 4. The van der Waals surface area contributed by atoms with Crippen LogP contribution in [0.15, 0.2) is 0 Å². The minimum Gasteiger partial charge on any atom is -0.462 e. The Morgan fingerprint density at radius 2 is 0.531 bits per heavy atom. The maximum absolute atomic E-state index is 13.1. The Labute approximate surface area is 588 Å². The van der Waals surface area contributed by atoms with Crippen molar-refractivity contribution in [3.05, 3.63) is 0 Å². The third-order valence-corrected chi connectivity index (χ3v) is 20.2. The van der Waals surface area contributed by atoms with Gasteiger partial charge in [-0.15, -0.1) is 0 Å². The fraction of sp³-hybridized carbons (Fsp3) is 0.948. The Bertz CT molecular complexity index is 1860. The molecule has 0 saturated heterocycles. The smallest absolute Gasteiger partial charge is 0.462 e. The first-order valence-corrected chi connectivity index (χ1v) is 43.0. The maximum Gasteiger partial charge on any atom is 0.472 e. The molecule has 3 unspecified atom stereocenters. The molecule has 3 N–H and O–H groups in total. The highest BCUT2D eigenvalue weighted by atomic mass is 31.2. The maximum atomic E-state index is 13.1. The molecule has 0 fully saturated rings. The lowest BCUT2D eigenvalue weighted by molar-refractivity contribution is -0.161. The lowest BCUT2D eigenvalue weighted by atomic mass is 9.99. The Morgan fingerprint density at radius 3 is 0.792 bits per heavy atom. The van der Waals surface area contributed by atoms with E-state index in [1.807, 2.05) is 0 Å². The lowest BCUT2D eigenvalue weighted by Gasteiger charge is -2.21. The van der Waals surface area contributed by atoms with Crippen LogP contribution in [0.5, 0.6) is 0 Å². The van der Waals surface area contributed by atoms with Crippen molar-refractivity contribution in [1.29, 1.82) is 0 Å². The summed E-state index contributed by atoms with van der Waals surface area (Å²) in [5.74, 6) is -0.515. The molecule has 19 heteroatoms. The number of phosphoric ester groups is 2. The molecule has 0 amide bonds. The van der Waals surface area contributed by atoms with E-state index >= 15 is 0 Å². The van der Waals surface area contributed by atoms with Crippen molar-refractivity contribution in [3.63, 3.8) is 0 Å². The molecule has 0 saturated carbocycles. The van der Waals surface area contributed by atoms with Crippen molar-refractivity contribution < 1.29 is 80.2 Å². The largest absolute Gasteiger partial charge is 0.472 e. The van der Waals surface area contributed by atoms with Crippen LogP contribution in [0.4, 0.5) is 0 Å². The van der Waals surface area contributed by atoms with Crippen LogP contribution >= 0.6 is 15.6 Å². The van der Waals surface area contributed by atoms with Crippen molar-refractivity contribution in [2.45, 2.75) is 419 Å². The van der Waals surface area contributed by atoms with E-state index in [1.165, 1.54) is 205 Å². The summed E-state index contributed by atoms with van der Waals surface area (Å²) in [5, 5.41) is 10.6. The summed E-state index contributed by atoms with van der Waals surface area (Å²) in [6.45, 7) is 9.61. The van der Waals surface area contributed by atoms with Crippen LogP contribution in [-0.4, -0.2) is 96.7 Å². The molecule has 0 aromatic heterocycles. The second kappa shape index (κ2) is 68.8. The number of phosphoric acid groups is 2. The van der Waals surface area contributed by atoms with Crippen LogP contribution in [0.2, 0.25) is 0 Å². The van der Waals surface area contributed by atoms with E-state index < -0.39 is 97.5 Å². The Morgan fingerprint density at radius 1 is 0.302 bits per heavy atom. The van der Waals surface area contributed by atoms with Gasteiger partial charge >= 0.3 is 39.5 Å². The molecule has 0 aliphatic heterocycles. The summed E-state index contributed by atoms with van der Waals surface area (Å²) in [6.07, 6.45) is 56.9. The van der Waals surface area contributed by atoms with Gasteiger partial charge in [0, 0.05) is 25.7 Å². The van der Waals surface area contributed by atoms with Gasteiger partial charge in [0.15, 0.2) is 12.2 Å². The molecule has 570 valence electrons. The number of hydrogen-bond donors (Lipinski definition) is 3. The van der Waals surface area contributed by atoms with Gasteiger partial charge in [-0.05, 0) is 37.5 Å². The van der Waals surface area contributed by atoms with Gasteiger partial charge in [-0.3, -0.25) is 37.3 Å². The SMILES string of the molecule is CCCCCCCCCCCCCCCCCCCCC(=O)O[C@H](COC(=O)CCCCCCCCCCCCCCCCC(C)C)COP(=O)(O)OC[C@@H](O)COP(=O)(O)OC[C@@H](COC(=O)CCCCCCCCC)OC(=O)CCCCCCCCCCCCC(C)CC. The number of rotatable bonds is 76. The zero-order chi connectivity index (χ0) is 70.7. The fourth-order valence-corrected chi connectivity index (χ4v) is 13.4. The zero-order valence-electron chi connectivity index (χ0n) is 62.7. The number of carbonyl (C=O) groups excluding carboxylic acids is 4. The minimum absolute atomic E-state index is 0.106. The first-order valence-electron chi connectivity index (χ1n) is 40.0. The van der Waals surface area contributed by atoms with E-state index in [9.17, 15) is 43.2 Å². The van der Waals surface area contributed by atoms with E-state index in [1.54, 1.807) is 0 Å². The van der Waals surface area contributed by atoms with Crippen molar-refractivity contribution in [2.75, 3.05) is 39.6 Å². The molecule has 0 aromatic rings. The Balaban J connectivity index is 5.20. The van der Waals surface area contributed by atoms with Crippen LogP contribution in [0.1, 0.15) is 401 Å². The summed E-state index contributed by atoms with van der Waals surface area (Å²) < 4.78 is 68.5. The van der Waals surface area contributed by atoms with E-state index in [0.29, 0.717) is 25.7 Å². The summed E-state index contributed by atoms with van der Waals surface area (Å²) in [6, 6.07) is 0. The molecule has 0 aromatic carbocycles. The van der Waals surface area contributed by atoms with Gasteiger partial charge in [0.25, 0.3) is 0 Å².